The molecule has 0 bridgehead atoms. The zero-order valence-electron chi connectivity index (χ0n) is 10.2. The summed E-state index contributed by atoms with van der Waals surface area (Å²) in [7, 11) is 0. The van der Waals surface area contributed by atoms with Crippen LogP contribution in [0.5, 0.6) is 0 Å². The van der Waals surface area contributed by atoms with Gasteiger partial charge in [-0.05, 0) is 18.4 Å². The van der Waals surface area contributed by atoms with Crippen molar-refractivity contribution in [1.29, 1.82) is 0 Å². The summed E-state index contributed by atoms with van der Waals surface area (Å²) in [5, 5.41) is 17.8. The Balaban J connectivity index is 2.99. The summed E-state index contributed by atoms with van der Waals surface area (Å²) in [6, 6.07) is -1.25. The molecule has 7 nitrogen and oxygen atoms in total. The van der Waals surface area contributed by atoms with E-state index < -0.39 is 36.2 Å². The lowest BCUT2D eigenvalue weighted by Crippen LogP contribution is -2.50. The topological polar surface area (TPSA) is 112 Å². The number of hydrogen-bond donors (Lipinski definition) is 2. The molecule has 2 N–H and O–H groups in total. The van der Waals surface area contributed by atoms with Crippen LogP contribution in [-0.4, -0.2) is 56.9 Å². The van der Waals surface area contributed by atoms with E-state index in [1.165, 1.54) is 11.8 Å². The van der Waals surface area contributed by atoms with Gasteiger partial charge in [-0.15, -0.1) is 0 Å². The van der Waals surface area contributed by atoms with Crippen LogP contribution >= 0.6 is 11.8 Å². The molecule has 104 valence electrons. The minimum absolute atomic E-state index is 0.129. The second-order valence-electron chi connectivity index (χ2n) is 3.89. The van der Waals surface area contributed by atoms with Crippen LogP contribution in [0.15, 0.2) is 11.6 Å². The van der Waals surface area contributed by atoms with Crippen molar-refractivity contribution in [2.24, 2.45) is 0 Å². The smallest absolute Gasteiger partial charge is 0.332 e. The lowest BCUT2D eigenvalue weighted by molar-refractivity contribution is -0.157. The first-order valence-corrected chi connectivity index (χ1v) is 6.79. The van der Waals surface area contributed by atoms with Crippen LogP contribution in [0.25, 0.3) is 0 Å². The number of carboxylic acid groups (broad SMARTS) is 2. The van der Waals surface area contributed by atoms with Gasteiger partial charge in [-0.3, -0.25) is 14.5 Å². The number of imide groups is 1. The van der Waals surface area contributed by atoms with Crippen LogP contribution in [0, 0.1) is 0 Å². The summed E-state index contributed by atoms with van der Waals surface area (Å²) in [5.74, 6) is -3.83. The fraction of sp³-hybridized carbons (Fsp3) is 0.455. The van der Waals surface area contributed by atoms with E-state index in [-0.39, 0.29) is 12.0 Å². The Hall–Kier alpha value is -1.83. The van der Waals surface area contributed by atoms with Gasteiger partial charge in [0.15, 0.2) is 0 Å². The largest absolute Gasteiger partial charge is 0.480 e. The zero-order valence-corrected chi connectivity index (χ0v) is 11.0. The van der Waals surface area contributed by atoms with Gasteiger partial charge in [-0.2, -0.15) is 11.8 Å². The average molecular weight is 287 g/mol. The van der Waals surface area contributed by atoms with Crippen LogP contribution in [0.2, 0.25) is 0 Å². The van der Waals surface area contributed by atoms with Gasteiger partial charge >= 0.3 is 11.9 Å². The summed E-state index contributed by atoms with van der Waals surface area (Å²) in [6.07, 6.45) is 2.24. The first-order valence-electron chi connectivity index (χ1n) is 5.40. The molecule has 0 fully saturated rings. The SMILES string of the molecule is CSCCC(C(=O)O)N1C(=O)C=C(C(=O)O)CC1=O. The van der Waals surface area contributed by atoms with Crippen molar-refractivity contribution >= 4 is 35.5 Å². The van der Waals surface area contributed by atoms with Crippen LogP contribution < -0.4 is 0 Å². The Labute approximate surface area is 113 Å². The molecular formula is C11H13NO6S. The quantitative estimate of drug-likeness (QED) is 0.659. The third-order valence-corrected chi connectivity index (χ3v) is 3.26. The van der Waals surface area contributed by atoms with E-state index in [0.29, 0.717) is 10.7 Å². The van der Waals surface area contributed by atoms with Crippen molar-refractivity contribution in [2.75, 3.05) is 12.0 Å². The van der Waals surface area contributed by atoms with Crippen molar-refractivity contribution < 1.29 is 29.4 Å². The molecule has 1 rings (SSSR count). The molecular weight excluding hydrogens is 274 g/mol. The zero-order chi connectivity index (χ0) is 14.6. The molecule has 0 saturated carbocycles. The maximum absolute atomic E-state index is 11.8. The number of carbonyl (C=O) groups is 4. The molecule has 0 saturated heterocycles. The first kappa shape index (κ1) is 15.2. The molecule has 0 aliphatic carbocycles. The third-order valence-electron chi connectivity index (χ3n) is 2.61. The van der Waals surface area contributed by atoms with E-state index in [4.69, 9.17) is 10.2 Å². The number of rotatable bonds is 6. The van der Waals surface area contributed by atoms with Gasteiger partial charge in [0.05, 0.1) is 12.0 Å². The summed E-state index contributed by atoms with van der Waals surface area (Å²) >= 11 is 1.40. The minimum Gasteiger partial charge on any atom is -0.480 e. The van der Waals surface area contributed by atoms with E-state index in [0.717, 1.165) is 6.08 Å². The molecule has 0 aromatic rings. The van der Waals surface area contributed by atoms with E-state index in [9.17, 15) is 19.2 Å². The van der Waals surface area contributed by atoms with Crippen molar-refractivity contribution in [3.8, 4) is 0 Å². The molecule has 19 heavy (non-hydrogen) atoms. The molecule has 0 aromatic carbocycles. The predicted molar refractivity (Wildman–Crippen MR) is 66.6 cm³/mol. The molecule has 8 heteroatoms. The number of thioether (sulfide) groups is 1. The number of hydrogen-bond acceptors (Lipinski definition) is 5. The van der Waals surface area contributed by atoms with Crippen LogP contribution in [0.1, 0.15) is 12.8 Å². The maximum Gasteiger partial charge on any atom is 0.332 e. The Morgan fingerprint density at radius 2 is 2.05 bits per heavy atom. The second kappa shape index (κ2) is 6.37. The van der Waals surface area contributed by atoms with Crippen LogP contribution in [-0.2, 0) is 19.2 Å². The van der Waals surface area contributed by atoms with Gasteiger partial charge in [-0.25, -0.2) is 9.59 Å². The second-order valence-corrected chi connectivity index (χ2v) is 4.87. The highest BCUT2D eigenvalue weighted by Crippen LogP contribution is 2.19. The Bertz CT molecular complexity index is 458. The predicted octanol–water partition coefficient (Wildman–Crippen LogP) is -0.0374. The summed E-state index contributed by atoms with van der Waals surface area (Å²) in [5.41, 5.74) is -0.319. The van der Waals surface area contributed by atoms with E-state index in [1.54, 1.807) is 6.26 Å². The number of aliphatic carboxylic acids is 2. The van der Waals surface area contributed by atoms with Crippen molar-refractivity contribution in [3.63, 3.8) is 0 Å². The van der Waals surface area contributed by atoms with E-state index in [2.05, 4.69) is 0 Å². The lowest BCUT2D eigenvalue weighted by Gasteiger charge is -2.28. The van der Waals surface area contributed by atoms with Crippen LogP contribution in [0.4, 0.5) is 0 Å². The summed E-state index contributed by atoms with van der Waals surface area (Å²) in [6.45, 7) is 0. The maximum atomic E-state index is 11.8. The highest BCUT2D eigenvalue weighted by Gasteiger charge is 2.37. The molecule has 0 spiro atoms. The highest BCUT2D eigenvalue weighted by molar-refractivity contribution is 7.98. The van der Waals surface area contributed by atoms with Gasteiger partial charge in [0, 0.05) is 6.08 Å². The van der Waals surface area contributed by atoms with E-state index >= 15 is 0 Å². The molecule has 1 aliphatic heterocycles. The number of nitrogens with zero attached hydrogens (tertiary/aromatic N) is 1. The molecule has 1 heterocycles. The Kier molecular flexibility index (Phi) is 5.11. The van der Waals surface area contributed by atoms with E-state index in [1.807, 2.05) is 0 Å². The average Bonchev–Trinajstić information content (AvgIpc) is 2.31. The molecule has 1 unspecified atom stereocenters. The normalized spacial score (nSPS) is 17.1. The molecule has 1 aliphatic rings. The van der Waals surface area contributed by atoms with Gasteiger partial charge in [0.2, 0.25) is 5.91 Å². The third kappa shape index (κ3) is 3.57. The fourth-order valence-corrected chi connectivity index (χ4v) is 2.16. The first-order chi connectivity index (χ1) is 8.88. The number of carbonyl (C=O) groups excluding carboxylic acids is 2. The van der Waals surface area contributed by atoms with Crippen molar-refractivity contribution in [3.05, 3.63) is 11.6 Å². The van der Waals surface area contributed by atoms with Crippen LogP contribution in [0.3, 0.4) is 0 Å². The fourth-order valence-electron chi connectivity index (χ4n) is 1.70. The molecule has 1 atom stereocenters. The number of carboxylic acids is 2. The lowest BCUT2D eigenvalue weighted by atomic mass is 10.0. The van der Waals surface area contributed by atoms with Gasteiger partial charge in [-0.1, -0.05) is 0 Å². The van der Waals surface area contributed by atoms with Crippen molar-refractivity contribution in [2.45, 2.75) is 18.9 Å². The monoisotopic (exact) mass is 287 g/mol. The molecule has 0 aromatic heterocycles. The molecule has 0 radical (unpaired) electrons. The van der Waals surface area contributed by atoms with Crippen molar-refractivity contribution in [1.82, 2.24) is 4.90 Å². The molecule has 2 amide bonds. The standard InChI is InChI=1S/C11H13NO6S/c1-19-3-2-7(11(17)18)12-8(13)4-6(10(15)16)5-9(12)14/h4,7H,2-3,5H2,1H3,(H,15,16)(H,17,18). The summed E-state index contributed by atoms with van der Waals surface area (Å²) in [4.78, 5) is 45.9. The highest BCUT2D eigenvalue weighted by atomic mass is 32.2. The van der Waals surface area contributed by atoms with Gasteiger partial charge < -0.3 is 10.2 Å². The Morgan fingerprint density at radius 3 is 2.47 bits per heavy atom. The van der Waals surface area contributed by atoms with Gasteiger partial charge in [0.25, 0.3) is 5.91 Å². The Morgan fingerprint density at radius 1 is 1.42 bits per heavy atom. The minimum atomic E-state index is -1.35. The van der Waals surface area contributed by atoms with Gasteiger partial charge in [0.1, 0.15) is 6.04 Å². The summed E-state index contributed by atoms with van der Waals surface area (Å²) < 4.78 is 0. The number of amides is 2.